The number of benzene rings is 1. The molecule has 1 aromatic carbocycles. The van der Waals surface area contributed by atoms with Gasteiger partial charge in [0.2, 0.25) is 5.91 Å². The van der Waals surface area contributed by atoms with Gasteiger partial charge in [-0.05, 0) is 17.7 Å². The Bertz CT molecular complexity index is 365. The van der Waals surface area contributed by atoms with Crippen LogP contribution in [0.3, 0.4) is 0 Å². The van der Waals surface area contributed by atoms with E-state index >= 15 is 0 Å². The van der Waals surface area contributed by atoms with Gasteiger partial charge in [0.05, 0.1) is 12.7 Å². The lowest BCUT2D eigenvalue weighted by Crippen LogP contribution is -2.33. The van der Waals surface area contributed by atoms with Gasteiger partial charge in [-0.15, -0.1) is 12.4 Å². The first-order chi connectivity index (χ1) is 7.27. The third-order valence-electron chi connectivity index (χ3n) is 2.47. The molecule has 1 amide bonds. The van der Waals surface area contributed by atoms with Crippen LogP contribution in [0, 0.1) is 0 Å². The van der Waals surface area contributed by atoms with Crippen molar-refractivity contribution < 1.29 is 9.53 Å². The Balaban J connectivity index is 0.00000128. The van der Waals surface area contributed by atoms with E-state index in [-0.39, 0.29) is 18.5 Å². The Kier molecular flexibility index (Phi) is 4.73. The van der Waals surface area contributed by atoms with Gasteiger partial charge in [0.15, 0.2) is 0 Å². The summed E-state index contributed by atoms with van der Waals surface area (Å²) in [4.78, 5) is 11.0. The number of ether oxygens (including phenoxy) is 1. The summed E-state index contributed by atoms with van der Waals surface area (Å²) in [6, 6.07) is 7.28. The second-order valence-electron chi connectivity index (χ2n) is 3.55. The zero-order valence-corrected chi connectivity index (χ0v) is 9.63. The van der Waals surface area contributed by atoms with Gasteiger partial charge in [0.1, 0.15) is 0 Å². The van der Waals surface area contributed by atoms with Gasteiger partial charge < -0.3 is 15.8 Å². The molecule has 0 aliphatic carbocycles. The van der Waals surface area contributed by atoms with Gasteiger partial charge in [-0.1, -0.05) is 12.1 Å². The zero-order chi connectivity index (χ0) is 10.7. The summed E-state index contributed by atoms with van der Waals surface area (Å²) in [5, 5.41) is 3.24. The van der Waals surface area contributed by atoms with E-state index < -0.39 is 5.91 Å². The lowest BCUT2D eigenvalue weighted by Gasteiger charge is -2.24. The summed E-state index contributed by atoms with van der Waals surface area (Å²) in [6.07, 6.45) is 0.0260. The highest BCUT2D eigenvalue weighted by molar-refractivity contribution is 5.92. The van der Waals surface area contributed by atoms with Crippen LogP contribution in [0.5, 0.6) is 0 Å². The third kappa shape index (κ3) is 2.95. The monoisotopic (exact) mass is 242 g/mol. The second kappa shape index (κ2) is 5.84. The fraction of sp³-hybridized carbons (Fsp3) is 0.364. The molecule has 1 saturated heterocycles. The highest BCUT2D eigenvalue weighted by Gasteiger charge is 2.16. The second-order valence-corrected chi connectivity index (χ2v) is 3.55. The van der Waals surface area contributed by atoms with Crippen LogP contribution in [0.1, 0.15) is 22.0 Å². The molecule has 3 N–H and O–H groups in total. The van der Waals surface area contributed by atoms with Crippen LogP contribution >= 0.6 is 12.4 Å². The Morgan fingerprint density at radius 2 is 2.31 bits per heavy atom. The number of primary amides is 1. The molecule has 88 valence electrons. The predicted octanol–water partition coefficient (Wildman–Crippen LogP) is 0.868. The number of halogens is 1. The van der Waals surface area contributed by atoms with Crippen molar-refractivity contribution in [3.05, 3.63) is 35.4 Å². The molecule has 0 radical (unpaired) electrons. The van der Waals surface area contributed by atoms with E-state index in [1.54, 1.807) is 12.1 Å². The smallest absolute Gasteiger partial charge is 0.248 e. The molecule has 4 nitrogen and oxygen atoms in total. The molecule has 1 aromatic rings. The van der Waals surface area contributed by atoms with Crippen molar-refractivity contribution in [3.8, 4) is 0 Å². The maximum absolute atomic E-state index is 11.0. The molecule has 1 aliphatic rings. The number of amides is 1. The van der Waals surface area contributed by atoms with E-state index in [0.29, 0.717) is 12.2 Å². The summed E-state index contributed by atoms with van der Waals surface area (Å²) in [6.45, 7) is 2.36. The Hall–Kier alpha value is -1.10. The first kappa shape index (κ1) is 13.0. The Morgan fingerprint density at radius 3 is 2.94 bits per heavy atom. The number of nitrogens with two attached hydrogens (primary N) is 1. The van der Waals surface area contributed by atoms with Crippen LogP contribution in [0.2, 0.25) is 0 Å². The minimum Gasteiger partial charge on any atom is -0.371 e. The van der Waals surface area contributed by atoms with Gasteiger partial charge in [-0.25, -0.2) is 0 Å². The van der Waals surface area contributed by atoms with Crippen LogP contribution in [0.25, 0.3) is 0 Å². The molecule has 2 rings (SSSR count). The van der Waals surface area contributed by atoms with Crippen LogP contribution < -0.4 is 11.1 Å². The van der Waals surface area contributed by atoms with Gasteiger partial charge in [0, 0.05) is 18.7 Å². The van der Waals surface area contributed by atoms with Gasteiger partial charge >= 0.3 is 0 Å². The van der Waals surface area contributed by atoms with E-state index in [1.165, 1.54) is 0 Å². The summed E-state index contributed by atoms with van der Waals surface area (Å²) in [5.74, 6) is -0.402. The van der Waals surface area contributed by atoms with Crippen molar-refractivity contribution in [2.24, 2.45) is 5.73 Å². The Labute approximate surface area is 101 Å². The topological polar surface area (TPSA) is 64.4 Å². The van der Waals surface area contributed by atoms with Crippen molar-refractivity contribution in [2.45, 2.75) is 6.10 Å². The Morgan fingerprint density at radius 1 is 1.50 bits per heavy atom. The standard InChI is InChI=1S/C11H14N2O2.ClH/c12-11(14)9-3-1-2-8(6-9)10-7-13-4-5-15-10;/h1-3,6,10,13H,4-5,7H2,(H2,12,14);1H. The molecule has 1 fully saturated rings. The van der Waals surface area contributed by atoms with E-state index in [0.717, 1.165) is 18.7 Å². The zero-order valence-electron chi connectivity index (χ0n) is 8.81. The largest absolute Gasteiger partial charge is 0.371 e. The highest BCUT2D eigenvalue weighted by atomic mass is 35.5. The first-order valence-electron chi connectivity index (χ1n) is 4.99. The van der Waals surface area contributed by atoms with E-state index in [4.69, 9.17) is 10.5 Å². The molecule has 0 aromatic heterocycles. The number of carbonyl (C=O) groups is 1. The summed E-state index contributed by atoms with van der Waals surface area (Å²) in [5.41, 5.74) is 6.74. The highest BCUT2D eigenvalue weighted by Crippen LogP contribution is 2.19. The average Bonchev–Trinajstić information content (AvgIpc) is 2.30. The van der Waals surface area contributed by atoms with Crippen molar-refractivity contribution in [1.29, 1.82) is 0 Å². The minimum atomic E-state index is -0.402. The maximum Gasteiger partial charge on any atom is 0.248 e. The van der Waals surface area contributed by atoms with Crippen LogP contribution in [0.4, 0.5) is 0 Å². The number of morpholine rings is 1. The lowest BCUT2D eigenvalue weighted by molar-refractivity contribution is 0.0277. The average molecular weight is 243 g/mol. The predicted molar refractivity (Wildman–Crippen MR) is 63.8 cm³/mol. The fourth-order valence-electron chi connectivity index (χ4n) is 1.67. The summed E-state index contributed by atoms with van der Waals surface area (Å²) < 4.78 is 5.58. The van der Waals surface area contributed by atoms with Crippen LogP contribution in [0.15, 0.2) is 24.3 Å². The van der Waals surface area contributed by atoms with Gasteiger partial charge in [-0.3, -0.25) is 4.79 Å². The third-order valence-corrected chi connectivity index (χ3v) is 2.47. The van der Waals surface area contributed by atoms with E-state index in [9.17, 15) is 4.79 Å². The van der Waals surface area contributed by atoms with Crippen molar-refractivity contribution in [3.63, 3.8) is 0 Å². The number of hydrogen-bond acceptors (Lipinski definition) is 3. The molecular weight excluding hydrogens is 228 g/mol. The molecule has 5 heteroatoms. The summed E-state index contributed by atoms with van der Waals surface area (Å²) in [7, 11) is 0. The quantitative estimate of drug-likeness (QED) is 0.809. The molecule has 1 atom stereocenters. The SMILES string of the molecule is Cl.NC(=O)c1cccc(C2CNCCO2)c1. The fourth-order valence-corrected chi connectivity index (χ4v) is 1.67. The van der Waals surface area contributed by atoms with Crippen LogP contribution in [-0.2, 0) is 4.74 Å². The first-order valence-corrected chi connectivity index (χ1v) is 4.99. The molecule has 1 heterocycles. The molecule has 1 aliphatic heterocycles. The van der Waals surface area contributed by atoms with Crippen molar-refractivity contribution in [1.82, 2.24) is 5.32 Å². The number of rotatable bonds is 2. The minimum absolute atomic E-state index is 0. The van der Waals surface area contributed by atoms with Crippen molar-refractivity contribution in [2.75, 3.05) is 19.7 Å². The molecule has 1 unspecified atom stereocenters. The lowest BCUT2D eigenvalue weighted by atomic mass is 10.0. The number of hydrogen-bond donors (Lipinski definition) is 2. The summed E-state index contributed by atoms with van der Waals surface area (Å²) >= 11 is 0. The number of nitrogens with one attached hydrogen (secondary N) is 1. The molecular formula is C11H15ClN2O2. The molecule has 16 heavy (non-hydrogen) atoms. The molecule has 0 bridgehead atoms. The number of carbonyl (C=O) groups excluding carboxylic acids is 1. The van der Waals surface area contributed by atoms with E-state index in [1.807, 2.05) is 12.1 Å². The maximum atomic E-state index is 11.0. The van der Waals surface area contributed by atoms with Crippen LogP contribution in [-0.4, -0.2) is 25.6 Å². The molecule has 0 spiro atoms. The van der Waals surface area contributed by atoms with Gasteiger partial charge in [0.25, 0.3) is 0 Å². The van der Waals surface area contributed by atoms with Crippen molar-refractivity contribution >= 4 is 18.3 Å². The normalized spacial score (nSPS) is 19.9. The molecule has 0 saturated carbocycles. The van der Waals surface area contributed by atoms with Gasteiger partial charge in [-0.2, -0.15) is 0 Å². The van der Waals surface area contributed by atoms with E-state index in [2.05, 4.69) is 5.32 Å².